The van der Waals surface area contributed by atoms with Crippen molar-refractivity contribution in [3.8, 4) is 11.1 Å². The van der Waals surface area contributed by atoms with Gasteiger partial charge in [0.15, 0.2) is 0 Å². The van der Waals surface area contributed by atoms with Crippen LogP contribution in [0.15, 0.2) is 80.7 Å². The summed E-state index contributed by atoms with van der Waals surface area (Å²) in [7, 11) is -1.06. The molecule has 173 valence electrons. The maximum Gasteiger partial charge on any atom is -0.0184 e. The number of allylic oxidation sites excluding steroid dienone is 4. The maximum atomic E-state index is 4.48. The second-order valence-electron chi connectivity index (χ2n) is 11.4. The summed E-state index contributed by atoms with van der Waals surface area (Å²) in [4.78, 5) is 0. The summed E-state index contributed by atoms with van der Waals surface area (Å²) in [5.41, 5.74) is 8.19. The van der Waals surface area contributed by atoms with Gasteiger partial charge in [0.25, 0.3) is 0 Å². The SMILES string of the molecule is CC1=C(C)C(C)[C]([Zr]([NH]C23CC4C(C2)C4C3)[GeH]([CH3])[CH3])=C1C.c1ccc(-c2ccccc2)cc1. The molecule has 4 fully saturated rings. The van der Waals surface area contributed by atoms with Crippen LogP contribution in [0.5, 0.6) is 0 Å². The largest absolute Gasteiger partial charge is 0.0622 e. The van der Waals surface area contributed by atoms with E-state index in [2.05, 4.69) is 91.0 Å². The van der Waals surface area contributed by atoms with Crippen LogP contribution in [-0.4, -0.2) is 16.1 Å². The molecular weight excluding hydrogens is 538 g/mol. The average Bonchev–Trinajstić information content (AvgIpc) is 3.24. The molecule has 0 saturated heterocycles. The van der Waals surface area contributed by atoms with Gasteiger partial charge in [-0.1, -0.05) is 60.7 Å². The molecule has 0 spiro atoms. The molecule has 5 aliphatic rings. The van der Waals surface area contributed by atoms with E-state index in [1.165, 1.54) is 11.1 Å². The van der Waals surface area contributed by atoms with Gasteiger partial charge >= 0.3 is 141 Å². The molecule has 4 saturated carbocycles. The van der Waals surface area contributed by atoms with Gasteiger partial charge in [0.05, 0.1) is 0 Å². The third-order valence-corrected chi connectivity index (χ3v) is 37.4. The predicted molar refractivity (Wildman–Crippen MR) is 141 cm³/mol. The summed E-state index contributed by atoms with van der Waals surface area (Å²) >= 11 is -1.55. The molecule has 2 aromatic carbocycles. The Bertz CT molecular complexity index is 1000. The smallest absolute Gasteiger partial charge is 0.0184 e. The van der Waals surface area contributed by atoms with Gasteiger partial charge in [-0.2, -0.15) is 0 Å². The molecule has 0 aliphatic heterocycles. The standard InChI is InChI=1S/C12H10.C9H13.C7H10N.C2H7Ge.Zr/c1-3-7-11(8-4-1)12-9-5-2-6-10-12;1-6-5-7(2)9(4)8(6)3;8-7-1-4-5(2-7)6(4)3-7;1-3-2;/h1-10H;6H,1-4H3;4-6,8H,1-3H2;3H,1-2H3;/q;;-1;;+1. The van der Waals surface area contributed by atoms with Crippen LogP contribution in [0.4, 0.5) is 0 Å². The molecule has 1 atom stereocenters. The molecule has 1 nitrogen and oxygen atoms in total. The van der Waals surface area contributed by atoms with Crippen molar-refractivity contribution in [3.63, 3.8) is 0 Å². The van der Waals surface area contributed by atoms with Crippen LogP contribution in [0.25, 0.3) is 11.1 Å². The third kappa shape index (κ3) is 4.50. The Morgan fingerprint density at radius 3 is 1.58 bits per heavy atom. The first-order valence-corrected chi connectivity index (χ1v) is 28.8. The van der Waals surface area contributed by atoms with Crippen LogP contribution in [0.2, 0.25) is 11.5 Å². The Labute approximate surface area is 211 Å². The number of hydrogen-bond donors (Lipinski definition) is 1. The summed E-state index contributed by atoms with van der Waals surface area (Å²) in [5.74, 6) is 9.58. The second kappa shape index (κ2) is 9.40. The van der Waals surface area contributed by atoms with Crippen molar-refractivity contribution in [2.24, 2.45) is 23.7 Å². The molecule has 2 aromatic rings. The predicted octanol–water partition coefficient (Wildman–Crippen LogP) is 7.50. The van der Waals surface area contributed by atoms with Crippen LogP contribution in [0.3, 0.4) is 0 Å². The molecule has 0 aromatic heterocycles. The monoisotopic (exact) mass is 578 g/mol. The number of nitrogens with one attached hydrogen (secondary N) is 1. The molecule has 5 aliphatic carbocycles. The Hall–Kier alpha value is -0.694. The maximum absolute atomic E-state index is 4.48. The van der Waals surface area contributed by atoms with Gasteiger partial charge in [0, 0.05) is 0 Å². The first-order valence-electron chi connectivity index (χ1n) is 13.0. The summed E-state index contributed by atoms with van der Waals surface area (Å²) in [6.07, 6.45) is 4.65. The fourth-order valence-electron chi connectivity index (χ4n) is 7.06. The molecule has 0 radical (unpaired) electrons. The quantitative estimate of drug-likeness (QED) is 0.363. The molecule has 0 amide bonds. The van der Waals surface area contributed by atoms with E-state index in [0.29, 0.717) is 5.54 Å². The molecule has 1 N–H and O–H groups in total. The fourth-order valence-corrected chi connectivity index (χ4v) is 35.8. The zero-order chi connectivity index (χ0) is 23.3. The molecular formula is C30H40GeNZr. The summed E-state index contributed by atoms with van der Waals surface area (Å²) in [5, 5.41) is 0. The first-order chi connectivity index (χ1) is 15.8. The minimum Gasteiger partial charge on any atom is -0.0622 e. The average molecular weight is 578 g/mol. The van der Waals surface area contributed by atoms with Crippen LogP contribution in [0.1, 0.15) is 47.0 Å². The molecule has 7 rings (SSSR count). The fraction of sp³-hybridized carbons (Fsp3) is 0.467. The minimum atomic E-state index is -1.55. The van der Waals surface area contributed by atoms with E-state index in [1.807, 2.05) is 15.4 Å². The van der Waals surface area contributed by atoms with Gasteiger partial charge in [-0.25, -0.2) is 0 Å². The van der Waals surface area contributed by atoms with E-state index in [4.69, 9.17) is 0 Å². The van der Waals surface area contributed by atoms with Crippen LogP contribution in [-0.2, 0) is 19.5 Å². The van der Waals surface area contributed by atoms with Gasteiger partial charge in [-0.05, 0) is 11.1 Å². The Balaban J connectivity index is 0.000000162. The van der Waals surface area contributed by atoms with Crippen LogP contribution >= 0.6 is 0 Å². The zero-order valence-corrected chi connectivity index (χ0v) is 26.2. The van der Waals surface area contributed by atoms with Gasteiger partial charge in [-0.3, -0.25) is 0 Å². The van der Waals surface area contributed by atoms with Crippen molar-refractivity contribution in [1.29, 1.82) is 0 Å². The van der Waals surface area contributed by atoms with E-state index in [9.17, 15) is 0 Å². The first kappa shape index (κ1) is 24.0. The molecule has 33 heavy (non-hydrogen) atoms. The van der Waals surface area contributed by atoms with Gasteiger partial charge in [-0.15, -0.1) is 0 Å². The van der Waals surface area contributed by atoms with E-state index >= 15 is 0 Å². The summed E-state index contributed by atoms with van der Waals surface area (Å²) in [6.45, 7) is 9.67. The zero-order valence-electron chi connectivity index (χ0n) is 21.3. The third-order valence-electron chi connectivity index (χ3n) is 9.18. The van der Waals surface area contributed by atoms with E-state index in [0.717, 1.165) is 23.7 Å². The van der Waals surface area contributed by atoms with E-state index in [-0.39, 0.29) is 0 Å². The van der Waals surface area contributed by atoms with Crippen molar-refractivity contribution >= 4 is 10.6 Å². The number of hydrogen-bond acceptors (Lipinski definition) is 1. The molecule has 0 heterocycles. The van der Waals surface area contributed by atoms with Crippen molar-refractivity contribution in [3.05, 3.63) is 80.7 Å². The van der Waals surface area contributed by atoms with Crippen LogP contribution < -0.4 is 3.26 Å². The normalized spacial score (nSPS) is 31.2. The molecule has 1 unspecified atom stereocenters. The van der Waals surface area contributed by atoms with Gasteiger partial charge in [0.1, 0.15) is 0 Å². The van der Waals surface area contributed by atoms with Crippen molar-refractivity contribution in [2.75, 3.05) is 0 Å². The van der Waals surface area contributed by atoms with E-state index < -0.39 is 30.1 Å². The molecule has 3 heteroatoms. The Kier molecular flexibility index (Phi) is 6.84. The number of benzene rings is 2. The molecule has 4 bridgehead atoms. The van der Waals surface area contributed by atoms with Gasteiger partial charge in [0.2, 0.25) is 0 Å². The van der Waals surface area contributed by atoms with Crippen molar-refractivity contribution in [2.45, 2.75) is 64.0 Å². The summed E-state index contributed by atoms with van der Waals surface area (Å²) in [6, 6.07) is 20.8. The number of rotatable bonds is 5. The second-order valence-corrected chi connectivity index (χ2v) is 42.1. The van der Waals surface area contributed by atoms with Crippen molar-refractivity contribution in [1.82, 2.24) is 3.26 Å². The minimum absolute atomic E-state index is 0.641. The summed E-state index contributed by atoms with van der Waals surface area (Å²) < 4.78 is 6.45. The topological polar surface area (TPSA) is 12.0 Å². The van der Waals surface area contributed by atoms with Gasteiger partial charge < -0.3 is 0 Å². The van der Waals surface area contributed by atoms with Crippen LogP contribution in [0, 0.1) is 23.7 Å². The van der Waals surface area contributed by atoms with E-state index in [1.54, 1.807) is 36.0 Å². The Morgan fingerprint density at radius 2 is 1.21 bits per heavy atom. The Morgan fingerprint density at radius 1 is 0.758 bits per heavy atom. The van der Waals surface area contributed by atoms with Crippen molar-refractivity contribution < 1.29 is 19.5 Å².